The molecule has 2 nitrogen and oxygen atoms in total. The Balaban J connectivity index is 1.46. The Bertz CT molecular complexity index is 724. The fourth-order valence-electron chi connectivity index (χ4n) is 9.75. The second-order valence-electron chi connectivity index (χ2n) is 13.5. The summed E-state index contributed by atoms with van der Waals surface area (Å²) in [7, 11) is 0. The third kappa shape index (κ3) is 4.58. The molecular formula is C31H52O2. The van der Waals surface area contributed by atoms with Gasteiger partial charge in [-0.05, 0) is 122 Å². The van der Waals surface area contributed by atoms with E-state index >= 15 is 0 Å². The summed E-state index contributed by atoms with van der Waals surface area (Å²) in [5.41, 5.74) is 0.999. The van der Waals surface area contributed by atoms with Crippen molar-refractivity contribution in [1.82, 2.24) is 0 Å². The third-order valence-electron chi connectivity index (χ3n) is 11.6. The zero-order chi connectivity index (χ0) is 24.0. The van der Waals surface area contributed by atoms with Crippen molar-refractivity contribution in [2.75, 3.05) is 0 Å². The number of esters is 1. The van der Waals surface area contributed by atoms with Crippen LogP contribution in [0.25, 0.3) is 0 Å². The van der Waals surface area contributed by atoms with Gasteiger partial charge in [-0.2, -0.15) is 0 Å². The van der Waals surface area contributed by atoms with Gasteiger partial charge in [0.15, 0.2) is 0 Å². The van der Waals surface area contributed by atoms with Gasteiger partial charge in [0.2, 0.25) is 0 Å². The van der Waals surface area contributed by atoms with Crippen LogP contribution in [0.5, 0.6) is 0 Å². The molecule has 0 heterocycles. The minimum absolute atomic E-state index is 0.0930. The van der Waals surface area contributed by atoms with Crippen LogP contribution in [0.3, 0.4) is 0 Å². The number of ether oxygens (including phenoxy) is 1. The van der Waals surface area contributed by atoms with E-state index in [-0.39, 0.29) is 12.1 Å². The molecule has 0 spiro atoms. The number of carbonyl (C=O) groups excluding carboxylic acids is 1. The summed E-state index contributed by atoms with van der Waals surface area (Å²) in [4.78, 5) is 11.5. The molecular weight excluding hydrogens is 404 g/mol. The Morgan fingerprint density at radius 1 is 0.939 bits per heavy atom. The summed E-state index contributed by atoms with van der Waals surface area (Å²) in [6, 6.07) is 0. The molecule has 0 bridgehead atoms. The summed E-state index contributed by atoms with van der Waals surface area (Å²) < 4.78 is 5.66. The molecule has 4 fully saturated rings. The number of allylic oxidation sites excluding steroid dienone is 2. The van der Waals surface area contributed by atoms with Gasteiger partial charge in [0.1, 0.15) is 6.10 Å². The molecule has 4 saturated carbocycles. The zero-order valence-electron chi connectivity index (χ0n) is 22.7. The van der Waals surface area contributed by atoms with Gasteiger partial charge in [0.25, 0.3) is 0 Å². The predicted molar refractivity (Wildman–Crippen MR) is 138 cm³/mol. The lowest BCUT2D eigenvalue weighted by Crippen LogP contribution is -2.54. The molecule has 0 aromatic rings. The van der Waals surface area contributed by atoms with Crippen LogP contribution in [-0.4, -0.2) is 12.1 Å². The van der Waals surface area contributed by atoms with Crippen LogP contribution < -0.4 is 0 Å². The number of hydrogen-bond donors (Lipinski definition) is 0. The molecule has 4 aliphatic carbocycles. The molecule has 2 heteroatoms. The highest BCUT2D eigenvalue weighted by Crippen LogP contribution is 2.68. The fourth-order valence-corrected chi connectivity index (χ4v) is 9.75. The highest BCUT2D eigenvalue weighted by Gasteiger charge is 2.60. The van der Waals surface area contributed by atoms with E-state index in [2.05, 4.69) is 53.7 Å². The van der Waals surface area contributed by atoms with E-state index in [9.17, 15) is 4.79 Å². The van der Waals surface area contributed by atoms with Crippen molar-refractivity contribution in [3.63, 3.8) is 0 Å². The number of carbonyl (C=O) groups is 1. The average Bonchev–Trinajstić information content (AvgIpc) is 3.11. The SMILES string of the molecule is CC[C@H](/C=C/[C@@H](C)[C@H]1CCC2[C@@H]3CC[C@@H]4C[C@@H](OC(C)=O)CC[C@]4(C)C3CC[C@@]21C)C(C)C. The summed E-state index contributed by atoms with van der Waals surface area (Å²) in [5, 5.41) is 0. The second-order valence-corrected chi connectivity index (χ2v) is 13.5. The van der Waals surface area contributed by atoms with Gasteiger partial charge in [-0.3, -0.25) is 4.79 Å². The van der Waals surface area contributed by atoms with E-state index in [1.54, 1.807) is 6.92 Å². The quantitative estimate of drug-likeness (QED) is 0.296. The van der Waals surface area contributed by atoms with Gasteiger partial charge in [-0.1, -0.05) is 53.7 Å². The zero-order valence-corrected chi connectivity index (χ0v) is 22.7. The Morgan fingerprint density at radius 3 is 2.30 bits per heavy atom. The van der Waals surface area contributed by atoms with Gasteiger partial charge in [-0.15, -0.1) is 0 Å². The van der Waals surface area contributed by atoms with Crippen LogP contribution in [0.2, 0.25) is 0 Å². The first-order chi connectivity index (χ1) is 15.6. The van der Waals surface area contributed by atoms with Crippen molar-refractivity contribution in [3.05, 3.63) is 12.2 Å². The highest BCUT2D eigenvalue weighted by atomic mass is 16.5. The van der Waals surface area contributed by atoms with Crippen molar-refractivity contribution in [1.29, 1.82) is 0 Å². The average molecular weight is 457 g/mol. The minimum atomic E-state index is -0.0930. The molecule has 188 valence electrons. The topological polar surface area (TPSA) is 26.3 Å². The fraction of sp³-hybridized carbons (Fsp3) is 0.903. The molecule has 0 radical (unpaired) electrons. The maximum absolute atomic E-state index is 11.5. The van der Waals surface area contributed by atoms with Crippen molar-refractivity contribution in [2.45, 2.75) is 119 Å². The van der Waals surface area contributed by atoms with Crippen LogP contribution in [-0.2, 0) is 9.53 Å². The van der Waals surface area contributed by atoms with Crippen LogP contribution in [0, 0.1) is 58.2 Å². The first-order valence-electron chi connectivity index (χ1n) is 14.5. The minimum Gasteiger partial charge on any atom is -0.463 e. The Morgan fingerprint density at radius 2 is 1.64 bits per heavy atom. The maximum atomic E-state index is 11.5. The molecule has 0 aromatic heterocycles. The normalized spacial score (nSPS) is 44.7. The molecule has 4 aliphatic rings. The van der Waals surface area contributed by atoms with Crippen molar-refractivity contribution in [2.24, 2.45) is 58.2 Å². The monoisotopic (exact) mass is 456 g/mol. The lowest BCUT2D eigenvalue weighted by Gasteiger charge is -2.61. The first kappa shape index (κ1) is 25.3. The molecule has 0 amide bonds. The van der Waals surface area contributed by atoms with Crippen LogP contribution in [0.1, 0.15) is 113 Å². The van der Waals surface area contributed by atoms with Gasteiger partial charge in [0, 0.05) is 6.92 Å². The molecule has 10 atom stereocenters. The predicted octanol–water partition coefficient (Wildman–Crippen LogP) is 8.45. The summed E-state index contributed by atoms with van der Waals surface area (Å²) in [6.07, 6.45) is 18.6. The molecule has 0 aromatic carbocycles. The Hall–Kier alpha value is -0.790. The largest absolute Gasteiger partial charge is 0.463 e. The van der Waals surface area contributed by atoms with E-state index in [1.165, 1.54) is 51.4 Å². The summed E-state index contributed by atoms with van der Waals surface area (Å²) >= 11 is 0. The number of fused-ring (bicyclic) bond motifs is 5. The van der Waals surface area contributed by atoms with Crippen molar-refractivity contribution in [3.8, 4) is 0 Å². The lowest BCUT2D eigenvalue weighted by atomic mass is 9.44. The highest BCUT2D eigenvalue weighted by molar-refractivity contribution is 5.66. The van der Waals surface area contributed by atoms with Crippen LogP contribution >= 0.6 is 0 Å². The molecule has 0 saturated heterocycles. The molecule has 0 N–H and O–H groups in total. The third-order valence-corrected chi connectivity index (χ3v) is 11.6. The number of rotatable bonds is 6. The second kappa shape index (κ2) is 9.69. The standard InChI is InChI=1S/C31H52O2/c1-8-23(20(2)3)10-9-21(4)27-13-14-28-26-12-11-24-19-25(33-22(5)32)15-17-30(24,6)29(26)16-18-31(27,28)7/h9-10,20-21,23-29H,8,11-19H2,1-7H3/b10-9+/t21-,23-,24-,25+,26+,27-,28?,29?,30+,31-/m1/s1. The van der Waals surface area contributed by atoms with E-state index in [0.717, 1.165) is 54.3 Å². The molecule has 2 unspecified atom stereocenters. The molecule has 4 rings (SSSR count). The van der Waals surface area contributed by atoms with Gasteiger partial charge in [0.05, 0.1) is 0 Å². The smallest absolute Gasteiger partial charge is 0.302 e. The van der Waals surface area contributed by atoms with Crippen LogP contribution in [0.15, 0.2) is 12.2 Å². The van der Waals surface area contributed by atoms with Gasteiger partial charge in [-0.25, -0.2) is 0 Å². The summed E-state index contributed by atoms with van der Waals surface area (Å²) in [6.45, 7) is 16.5. The van der Waals surface area contributed by atoms with E-state index < -0.39 is 0 Å². The van der Waals surface area contributed by atoms with Crippen LogP contribution in [0.4, 0.5) is 0 Å². The summed E-state index contributed by atoms with van der Waals surface area (Å²) in [5.74, 6) is 6.43. The Labute approximate surface area is 204 Å². The molecule has 0 aliphatic heterocycles. The first-order valence-corrected chi connectivity index (χ1v) is 14.5. The van der Waals surface area contributed by atoms with E-state index in [0.29, 0.717) is 16.7 Å². The van der Waals surface area contributed by atoms with E-state index in [4.69, 9.17) is 4.74 Å². The molecule has 33 heavy (non-hydrogen) atoms. The van der Waals surface area contributed by atoms with E-state index in [1.807, 2.05) is 0 Å². The van der Waals surface area contributed by atoms with Gasteiger partial charge >= 0.3 is 5.97 Å². The van der Waals surface area contributed by atoms with Gasteiger partial charge < -0.3 is 4.74 Å². The number of hydrogen-bond acceptors (Lipinski definition) is 2. The van der Waals surface area contributed by atoms with Crippen molar-refractivity contribution >= 4 is 5.97 Å². The lowest BCUT2D eigenvalue weighted by molar-refractivity contribution is -0.160. The maximum Gasteiger partial charge on any atom is 0.302 e. The van der Waals surface area contributed by atoms with Crippen molar-refractivity contribution < 1.29 is 9.53 Å². The Kier molecular flexibility index (Phi) is 7.43.